The molecule has 0 bridgehead atoms. The zero-order chi connectivity index (χ0) is 15.5. The third kappa shape index (κ3) is 6.78. The summed E-state index contributed by atoms with van der Waals surface area (Å²) in [6.45, 7) is 9.61. The van der Waals surface area contributed by atoms with Crippen LogP contribution in [0.1, 0.15) is 19.4 Å². The van der Waals surface area contributed by atoms with E-state index in [2.05, 4.69) is 44.3 Å². The lowest BCUT2D eigenvalue weighted by molar-refractivity contribution is 0.141. The number of nitrogens with one attached hydrogen (secondary N) is 1. The summed E-state index contributed by atoms with van der Waals surface area (Å²) >= 11 is 3.55. The molecule has 0 aromatic heterocycles. The first-order valence-electron chi connectivity index (χ1n) is 7.56. The van der Waals surface area contributed by atoms with Crippen molar-refractivity contribution in [1.29, 1.82) is 0 Å². The normalized spacial score (nSPS) is 10.9. The predicted octanol–water partition coefficient (Wildman–Crippen LogP) is 3.05. The monoisotopic (exact) mass is 358 g/mol. The fourth-order valence-corrected chi connectivity index (χ4v) is 2.59. The van der Waals surface area contributed by atoms with Gasteiger partial charge in [-0.25, -0.2) is 0 Å². The number of hydrogen-bond donors (Lipinski definition) is 1. The van der Waals surface area contributed by atoms with Gasteiger partial charge in [-0.3, -0.25) is 0 Å². The summed E-state index contributed by atoms with van der Waals surface area (Å²) in [7, 11) is 1.97. The summed E-state index contributed by atoms with van der Waals surface area (Å²) < 4.78 is 12.1. The van der Waals surface area contributed by atoms with E-state index in [1.807, 2.05) is 20.9 Å². The molecule has 1 aromatic carbocycles. The third-order valence-electron chi connectivity index (χ3n) is 3.17. The molecule has 120 valence electrons. The second kappa shape index (κ2) is 11.0. The molecular weight excluding hydrogens is 332 g/mol. The van der Waals surface area contributed by atoms with E-state index in [0.29, 0.717) is 0 Å². The SMILES string of the molecule is CCOCCN(CCOCC)c1ccc(Br)cc1CNC. The van der Waals surface area contributed by atoms with Gasteiger partial charge in [-0.1, -0.05) is 15.9 Å². The zero-order valence-electron chi connectivity index (χ0n) is 13.3. The van der Waals surface area contributed by atoms with Crippen molar-refractivity contribution >= 4 is 21.6 Å². The molecule has 1 rings (SSSR count). The molecule has 0 saturated heterocycles. The van der Waals surface area contributed by atoms with E-state index in [9.17, 15) is 0 Å². The Morgan fingerprint density at radius 3 is 2.24 bits per heavy atom. The maximum Gasteiger partial charge on any atom is 0.0641 e. The van der Waals surface area contributed by atoms with Crippen molar-refractivity contribution in [1.82, 2.24) is 5.32 Å². The first-order chi connectivity index (χ1) is 10.2. The van der Waals surface area contributed by atoms with Gasteiger partial charge in [0.2, 0.25) is 0 Å². The molecule has 0 unspecified atom stereocenters. The number of nitrogens with zero attached hydrogens (tertiary/aromatic N) is 1. The molecule has 5 heteroatoms. The Morgan fingerprint density at radius 1 is 1.10 bits per heavy atom. The lowest BCUT2D eigenvalue weighted by atomic mass is 10.1. The van der Waals surface area contributed by atoms with Crippen LogP contribution in [0.2, 0.25) is 0 Å². The maximum atomic E-state index is 5.51. The van der Waals surface area contributed by atoms with E-state index >= 15 is 0 Å². The third-order valence-corrected chi connectivity index (χ3v) is 3.66. The highest BCUT2D eigenvalue weighted by Gasteiger charge is 2.11. The molecule has 0 aliphatic rings. The van der Waals surface area contributed by atoms with Gasteiger partial charge < -0.3 is 19.7 Å². The van der Waals surface area contributed by atoms with E-state index in [-0.39, 0.29) is 0 Å². The van der Waals surface area contributed by atoms with Crippen LogP contribution in [0, 0.1) is 0 Å². The Hall–Kier alpha value is -0.620. The summed E-state index contributed by atoms with van der Waals surface area (Å²) in [5.41, 5.74) is 2.52. The zero-order valence-corrected chi connectivity index (χ0v) is 14.9. The topological polar surface area (TPSA) is 33.7 Å². The molecule has 1 aromatic rings. The summed E-state index contributed by atoms with van der Waals surface area (Å²) in [4.78, 5) is 2.34. The van der Waals surface area contributed by atoms with Gasteiger partial charge in [0.05, 0.1) is 13.2 Å². The van der Waals surface area contributed by atoms with Crippen LogP contribution in [-0.2, 0) is 16.0 Å². The second-order valence-corrected chi connectivity index (χ2v) is 5.60. The molecule has 0 heterocycles. The van der Waals surface area contributed by atoms with E-state index in [1.54, 1.807) is 0 Å². The molecule has 0 atom stereocenters. The Bertz CT molecular complexity index is 392. The van der Waals surface area contributed by atoms with E-state index in [0.717, 1.165) is 50.5 Å². The van der Waals surface area contributed by atoms with E-state index in [4.69, 9.17) is 9.47 Å². The average molecular weight is 359 g/mol. The van der Waals surface area contributed by atoms with Crippen molar-refractivity contribution in [2.24, 2.45) is 0 Å². The lowest BCUT2D eigenvalue weighted by Gasteiger charge is -2.27. The number of hydrogen-bond acceptors (Lipinski definition) is 4. The minimum absolute atomic E-state index is 0.734. The first kappa shape index (κ1) is 18.4. The number of benzene rings is 1. The quantitative estimate of drug-likeness (QED) is 0.616. The van der Waals surface area contributed by atoms with Crippen molar-refractivity contribution in [3.63, 3.8) is 0 Å². The minimum Gasteiger partial charge on any atom is -0.380 e. The van der Waals surface area contributed by atoms with Gasteiger partial charge >= 0.3 is 0 Å². The van der Waals surface area contributed by atoms with Gasteiger partial charge in [-0.05, 0) is 44.7 Å². The maximum absolute atomic E-state index is 5.51. The van der Waals surface area contributed by atoms with Crippen molar-refractivity contribution in [2.75, 3.05) is 51.5 Å². The molecule has 0 spiro atoms. The molecule has 0 aliphatic carbocycles. The second-order valence-electron chi connectivity index (χ2n) is 4.68. The van der Waals surface area contributed by atoms with Crippen LogP contribution in [0.4, 0.5) is 5.69 Å². The Kier molecular flexibility index (Phi) is 9.67. The largest absolute Gasteiger partial charge is 0.380 e. The van der Waals surface area contributed by atoms with Crippen molar-refractivity contribution in [3.8, 4) is 0 Å². The highest BCUT2D eigenvalue weighted by atomic mass is 79.9. The molecular formula is C16H27BrN2O2. The molecule has 0 aliphatic heterocycles. The van der Waals surface area contributed by atoms with Gasteiger partial charge in [0, 0.05) is 43.0 Å². The van der Waals surface area contributed by atoms with Gasteiger partial charge in [0.1, 0.15) is 0 Å². The van der Waals surface area contributed by atoms with Crippen molar-refractivity contribution in [2.45, 2.75) is 20.4 Å². The van der Waals surface area contributed by atoms with Crippen LogP contribution >= 0.6 is 15.9 Å². The molecule has 0 saturated carbocycles. The average Bonchev–Trinajstić information content (AvgIpc) is 2.47. The van der Waals surface area contributed by atoms with Crippen LogP contribution in [0.25, 0.3) is 0 Å². The van der Waals surface area contributed by atoms with Gasteiger partial charge in [0.15, 0.2) is 0 Å². The summed E-state index contributed by atoms with van der Waals surface area (Å²) in [6.07, 6.45) is 0. The van der Waals surface area contributed by atoms with E-state index in [1.165, 1.54) is 11.3 Å². The number of ether oxygens (including phenoxy) is 2. The number of rotatable bonds is 11. The predicted molar refractivity (Wildman–Crippen MR) is 92.1 cm³/mol. The van der Waals surface area contributed by atoms with Crippen molar-refractivity contribution in [3.05, 3.63) is 28.2 Å². The molecule has 1 N–H and O–H groups in total. The van der Waals surface area contributed by atoms with Crippen LogP contribution in [0.5, 0.6) is 0 Å². The first-order valence-corrected chi connectivity index (χ1v) is 8.35. The number of halogens is 1. The number of anilines is 1. The van der Waals surface area contributed by atoms with E-state index < -0.39 is 0 Å². The van der Waals surface area contributed by atoms with Crippen LogP contribution < -0.4 is 10.2 Å². The van der Waals surface area contributed by atoms with Gasteiger partial charge in [-0.2, -0.15) is 0 Å². The van der Waals surface area contributed by atoms with Crippen LogP contribution in [0.3, 0.4) is 0 Å². The fraction of sp³-hybridized carbons (Fsp3) is 0.625. The lowest BCUT2D eigenvalue weighted by Crippen LogP contribution is -2.32. The van der Waals surface area contributed by atoms with Crippen LogP contribution in [-0.4, -0.2) is 46.6 Å². The highest BCUT2D eigenvalue weighted by Crippen LogP contribution is 2.24. The Labute approximate surface area is 136 Å². The molecule has 0 radical (unpaired) electrons. The van der Waals surface area contributed by atoms with Gasteiger partial charge in [-0.15, -0.1) is 0 Å². The molecule has 0 amide bonds. The molecule has 21 heavy (non-hydrogen) atoms. The fourth-order valence-electron chi connectivity index (χ4n) is 2.19. The highest BCUT2D eigenvalue weighted by molar-refractivity contribution is 9.10. The van der Waals surface area contributed by atoms with Gasteiger partial charge in [0.25, 0.3) is 0 Å². The summed E-state index contributed by atoms with van der Waals surface area (Å²) in [5, 5.41) is 3.23. The minimum atomic E-state index is 0.734. The Balaban J connectivity index is 2.83. The smallest absolute Gasteiger partial charge is 0.0641 e. The molecule has 4 nitrogen and oxygen atoms in total. The van der Waals surface area contributed by atoms with Crippen LogP contribution in [0.15, 0.2) is 22.7 Å². The summed E-state index contributed by atoms with van der Waals surface area (Å²) in [6, 6.07) is 6.41. The van der Waals surface area contributed by atoms with Crippen molar-refractivity contribution < 1.29 is 9.47 Å². The summed E-state index contributed by atoms with van der Waals surface area (Å²) in [5.74, 6) is 0. The molecule has 0 fully saturated rings. The Morgan fingerprint density at radius 2 is 1.71 bits per heavy atom. The standard InChI is InChI=1S/C16H27BrN2O2/c1-4-20-10-8-19(9-11-21-5-2)16-7-6-15(17)12-14(16)13-18-3/h6-7,12,18H,4-5,8-11,13H2,1-3H3.